The molecule has 1 aromatic heterocycles. The Hall–Kier alpha value is -1.78. The largest absolute Gasteiger partial charge is 0.475 e. The molecule has 0 fully saturated rings. The predicted molar refractivity (Wildman–Crippen MR) is 87.7 cm³/mol. The second-order valence-corrected chi connectivity index (χ2v) is 5.15. The summed E-state index contributed by atoms with van der Waals surface area (Å²) >= 11 is 0. The molecule has 1 aromatic rings. The zero-order valence-corrected chi connectivity index (χ0v) is 13.6. The van der Waals surface area contributed by atoms with Crippen molar-refractivity contribution in [3.63, 3.8) is 0 Å². The highest BCUT2D eigenvalue weighted by Gasteiger charge is 2.00. The van der Waals surface area contributed by atoms with Gasteiger partial charge in [0.1, 0.15) is 0 Å². The van der Waals surface area contributed by atoms with E-state index in [0.717, 1.165) is 31.0 Å². The third kappa shape index (κ3) is 7.54. The lowest BCUT2D eigenvalue weighted by atomic mass is 10.3. The van der Waals surface area contributed by atoms with Crippen LogP contribution < -0.4 is 15.4 Å². The average molecular weight is 292 g/mol. The highest BCUT2D eigenvalue weighted by atomic mass is 16.5. The SMILES string of the molecule is CCCCNC(=NCc1ccc(OC(C)C)nc1)NCC. The topological polar surface area (TPSA) is 58.5 Å². The van der Waals surface area contributed by atoms with Crippen LogP contribution in [0, 0.1) is 0 Å². The smallest absolute Gasteiger partial charge is 0.213 e. The molecule has 21 heavy (non-hydrogen) atoms. The van der Waals surface area contributed by atoms with E-state index in [4.69, 9.17) is 4.74 Å². The first kappa shape index (κ1) is 17.3. The van der Waals surface area contributed by atoms with E-state index in [-0.39, 0.29) is 6.10 Å². The van der Waals surface area contributed by atoms with Crippen LogP contribution in [0.5, 0.6) is 5.88 Å². The third-order valence-electron chi connectivity index (χ3n) is 2.74. The highest BCUT2D eigenvalue weighted by Crippen LogP contribution is 2.10. The van der Waals surface area contributed by atoms with Gasteiger partial charge >= 0.3 is 0 Å². The maximum absolute atomic E-state index is 5.53. The van der Waals surface area contributed by atoms with E-state index in [9.17, 15) is 0 Å². The first-order valence-electron chi connectivity index (χ1n) is 7.79. The molecular weight excluding hydrogens is 264 g/mol. The molecule has 0 spiro atoms. The molecule has 0 saturated heterocycles. The second kappa shape index (κ2) is 10.0. The Kier molecular flexibility index (Phi) is 8.24. The van der Waals surface area contributed by atoms with Gasteiger partial charge in [-0.05, 0) is 32.8 Å². The van der Waals surface area contributed by atoms with Crippen LogP contribution in [0.1, 0.15) is 46.1 Å². The Bertz CT molecular complexity index is 415. The molecule has 1 heterocycles. The summed E-state index contributed by atoms with van der Waals surface area (Å²) in [6.45, 7) is 10.6. The fraction of sp³-hybridized carbons (Fsp3) is 0.625. The van der Waals surface area contributed by atoms with Gasteiger partial charge in [0.2, 0.25) is 5.88 Å². The molecule has 2 N–H and O–H groups in total. The second-order valence-electron chi connectivity index (χ2n) is 5.15. The van der Waals surface area contributed by atoms with E-state index >= 15 is 0 Å². The highest BCUT2D eigenvalue weighted by molar-refractivity contribution is 5.79. The number of pyridine rings is 1. The first-order chi connectivity index (χ1) is 10.2. The van der Waals surface area contributed by atoms with Crippen molar-refractivity contribution >= 4 is 5.96 Å². The van der Waals surface area contributed by atoms with Crippen molar-refractivity contribution in [2.75, 3.05) is 13.1 Å². The van der Waals surface area contributed by atoms with Crippen molar-refractivity contribution in [3.8, 4) is 5.88 Å². The minimum Gasteiger partial charge on any atom is -0.475 e. The Labute approximate surface area is 128 Å². The molecule has 5 heteroatoms. The Morgan fingerprint density at radius 2 is 2.10 bits per heavy atom. The van der Waals surface area contributed by atoms with Gasteiger partial charge in [0.25, 0.3) is 0 Å². The molecule has 0 aliphatic carbocycles. The summed E-state index contributed by atoms with van der Waals surface area (Å²) in [5.41, 5.74) is 1.07. The van der Waals surface area contributed by atoms with Crippen LogP contribution in [0.4, 0.5) is 0 Å². The van der Waals surface area contributed by atoms with Crippen molar-refractivity contribution in [2.24, 2.45) is 4.99 Å². The van der Waals surface area contributed by atoms with Crippen molar-refractivity contribution in [3.05, 3.63) is 23.9 Å². The molecule has 0 radical (unpaired) electrons. The van der Waals surface area contributed by atoms with Crippen molar-refractivity contribution in [1.29, 1.82) is 0 Å². The lowest BCUT2D eigenvalue weighted by Gasteiger charge is -2.11. The first-order valence-corrected chi connectivity index (χ1v) is 7.79. The summed E-state index contributed by atoms with van der Waals surface area (Å²) in [4.78, 5) is 8.85. The van der Waals surface area contributed by atoms with E-state index in [1.54, 1.807) is 0 Å². The average Bonchev–Trinajstić information content (AvgIpc) is 2.46. The normalized spacial score (nSPS) is 11.6. The van der Waals surface area contributed by atoms with Gasteiger partial charge in [-0.15, -0.1) is 0 Å². The molecule has 5 nitrogen and oxygen atoms in total. The number of guanidine groups is 1. The predicted octanol–water partition coefficient (Wildman–Crippen LogP) is 2.72. The maximum Gasteiger partial charge on any atom is 0.213 e. The summed E-state index contributed by atoms with van der Waals surface area (Å²) in [5.74, 6) is 1.51. The van der Waals surface area contributed by atoms with Gasteiger partial charge in [0, 0.05) is 25.4 Å². The van der Waals surface area contributed by atoms with Gasteiger partial charge in [-0.2, -0.15) is 0 Å². The summed E-state index contributed by atoms with van der Waals surface area (Å²) in [5, 5.41) is 6.57. The zero-order chi connectivity index (χ0) is 15.5. The van der Waals surface area contributed by atoms with Crippen LogP contribution in [-0.2, 0) is 6.54 Å². The number of aliphatic imine (C=N–C) groups is 1. The summed E-state index contributed by atoms with van der Waals surface area (Å²) in [6, 6.07) is 3.89. The molecule has 118 valence electrons. The van der Waals surface area contributed by atoms with Crippen LogP contribution in [0.25, 0.3) is 0 Å². The molecule has 0 aliphatic rings. The molecule has 0 atom stereocenters. The van der Waals surface area contributed by atoms with Crippen LogP contribution in [0.2, 0.25) is 0 Å². The standard InChI is InChI=1S/C16H28N4O/c1-5-7-10-18-16(17-6-2)20-12-14-8-9-15(19-11-14)21-13(3)4/h8-9,11,13H,5-7,10,12H2,1-4H3,(H2,17,18,20). The van der Waals surface area contributed by atoms with E-state index in [0.29, 0.717) is 12.4 Å². The van der Waals surface area contributed by atoms with Gasteiger partial charge in [-0.25, -0.2) is 9.98 Å². The Balaban J connectivity index is 2.54. The van der Waals surface area contributed by atoms with Crippen LogP contribution >= 0.6 is 0 Å². The quantitative estimate of drug-likeness (QED) is 0.439. The number of rotatable bonds is 8. The summed E-state index contributed by atoms with van der Waals surface area (Å²) in [6.07, 6.45) is 4.28. The monoisotopic (exact) mass is 292 g/mol. The summed E-state index contributed by atoms with van der Waals surface area (Å²) < 4.78 is 5.53. The van der Waals surface area contributed by atoms with E-state index in [2.05, 4.69) is 34.5 Å². The molecule has 0 aliphatic heterocycles. The maximum atomic E-state index is 5.53. The lowest BCUT2D eigenvalue weighted by Crippen LogP contribution is -2.37. The number of aromatic nitrogens is 1. The van der Waals surface area contributed by atoms with Crippen molar-refractivity contribution in [1.82, 2.24) is 15.6 Å². The molecule has 1 rings (SSSR count). The molecule has 0 bridgehead atoms. The van der Waals surface area contributed by atoms with Gasteiger partial charge in [-0.3, -0.25) is 0 Å². The molecule has 0 unspecified atom stereocenters. The van der Waals surface area contributed by atoms with Crippen LogP contribution in [0.3, 0.4) is 0 Å². The van der Waals surface area contributed by atoms with E-state index in [1.165, 1.54) is 6.42 Å². The molecule has 0 aromatic carbocycles. The minimum absolute atomic E-state index is 0.143. The fourth-order valence-corrected chi connectivity index (χ4v) is 1.71. The van der Waals surface area contributed by atoms with E-state index < -0.39 is 0 Å². The third-order valence-corrected chi connectivity index (χ3v) is 2.74. The fourth-order valence-electron chi connectivity index (χ4n) is 1.71. The van der Waals surface area contributed by atoms with Gasteiger partial charge in [-0.1, -0.05) is 19.4 Å². The number of hydrogen-bond acceptors (Lipinski definition) is 3. The zero-order valence-electron chi connectivity index (χ0n) is 13.6. The number of nitrogens with zero attached hydrogens (tertiary/aromatic N) is 2. The van der Waals surface area contributed by atoms with Crippen LogP contribution in [-0.4, -0.2) is 30.1 Å². The minimum atomic E-state index is 0.143. The van der Waals surface area contributed by atoms with Gasteiger partial charge in [0.05, 0.1) is 12.6 Å². The molecular formula is C16H28N4O. The number of unbranched alkanes of at least 4 members (excludes halogenated alkanes) is 1. The van der Waals surface area contributed by atoms with Crippen molar-refractivity contribution < 1.29 is 4.74 Å². The Morgan fingerprint density at radius 3 is 2.67 bits per heavy atom. The molecule has 0 amide bonds. The number of hydrogen-bond donors (Lipinski definition) is 2. The summed E-state index contributed by atoms with van der Waals surface area (Å²) in [7, 11) is 0. The van der Waals surface area contributed by atoms with E-state index in [1.807, 2.05) is 32.2 Å². The van der Waals surface area contributed by atoms with Crippen molar-refractivity contribution in [2.45, 2.75) is 53.2 Å². The Morgan fingerprint density at radius 1 is 1.29 bits per heavy atom. The van der Waals surface area contributed by atoms with Crippen LogP contribution in [0.15, 0.2) is 23.3 Å². The number of nitrogens with one attached hydrogen (secondary N) is 2. The molecule has 0 saturated carbocycles. The van der Waals surface area contributed by atoms with Gasteiger partial charge < -0.3 is 15.4 Å². The lowest BCUT2D eigenvalue weighted by molar-refractivity contribution is 0.232. The number of ether oxygens (including phenoxy) is 1. The van der Waals surface area contributed by atoms with Gasteiger partial charge in [0.15, 0.2) is 5.96 Å².